The average Bonchev–Trinajstić information content (AvgIpc) is 2.56. The maximum Gasteiger partial charge on any atom is 0.344 e. The third kappa shape index (κ3) is 3.12. The van der Waals surface area contributed by atoms with Gasteiger partial charge in [0.25, 0.3) is 0 Å². The van der Waals surface area contributed by atoms with Crippen LogP contribution in [0.4, 0.5) is 0 Å². The predicted molar refractivity (Wildman–Crippen MR) is 90.7 cm³/mol. The van der Waals surface area contributed by atoms with Gasteiger partial charge in [-0.25, -0.2) is 9.59 Å². The molecule has 3 rings (SSSR count). The minimum absolute atomic E-state index is 0.146. The normalized spacial score (nSPS) is 12.1. The molecule has 0 unspecified atom stereocenters. The summed E-state index contributed by atoms with van der Waals surface area (Å²) in [6.07, 6.45) is -1.08. The van der Waals surface area contributed by atoms with E-state index in [1.807, 2.05) is 30.3 Å². The minimum atomic E-state index is -1.12. The first-order valence-electron chi connectivity index (χ1n) is 7.18. The molecule has 3 aromatic rings. The summed E-state index contributed by atoms with van der Waals surface area (Å²) in [4.78, 5) is 22.8. The zero-order valence-electron chi connectivity index (χ0n) is 12.7. The molecule has 0 saturated carbocycles. The van der Waals surface area contributed by atoms with Gasteiger partial charge in [-0.1, -0.05) is 41.9 Å². The largest absolute Gasteiger partial charge is 0.479 e. The van der Waals surface area contributed by atoms with Gasteiger partial charge in [-0.2, -0.15) is 0 Å². The first-order valence-corrected chi connectivity index (χ1v) is 7.56. The Bertz CT molecular complexity index is 962. The van der Waals surface area contributed by atoms with Gasteiger partial charge in [-0.3, -0.25) is 0 Å². The van der Waals surface area contributed by atoms with Crippen LogP contribution in [0.5, 0.6) is 5.75 Å². The Balaban J connectivity index is 2.18. The molecule has 1 atom stereocenters. The van der Waals surface area contributed by atoms with Gasteiger partial charge in [-0.15, -0.1) is 0 Å². The Morgan fingerprint density at radius 1 is 1.21 bits per heavy atom. The second-order valence-electron chi connectivity index (χ2n) is 5.22. The summed E-state index contributed by atoms with van der Waals surface area (Å²) < 4.78 is 10.5. The summed E-state index contributed by atoms with van der Waals surface area (Å²) in [5.74, 6) is -0.974. The lowest BCUT2D eigenvalue weighted by Crippen LogP contribution is -2.23. The quantitative estimate of drug-likeness (QED) is 0.725. The van der Waals surface area contributed by atoms with Crippen molar-refractivity contribution in [2.45, 2.75) is 13.0 Å². The van der Waals surface area contributed by atoms with E-state index < -0.39 is 17.7 Å². The Kier molecular flexibility index (Phi) is 4.27. The van der Waals surface area contributed by atoms with Crippen molar-refractivity contribution < 1.29 is 19.1 Å². The molecule has 6 heteroatoms. The van der Waals surface area contributed by atoms with E-state index >= 15 is 0 Å². The van der Waals surface area contributed by atoms with E-state index in [0.29, 0.717) is 10.9 Å². The van der Waals surface area contributed by atoms with Crippen molar-refractivity contribution in [3.8, 4) is 16.9 Å². The summed E-state index contributed by atoms with van der Waals surface area (Å²) in [6, 6.07) is 13.8. The molecule has 0 fully saturated rings. The molecule has 0 aliphatic carbocycles. The second kappa shape index (κ2) is 6.37. The van der Waals surface area contributed by atoms with E-state index in [1.54, 1.807) is 6.07 Å². The lowest BCUT2D eigenvalue weighted by Gasteiger charge is -2.13. The molecule has 1 N–H and O–H groups in total. The van der Waals surface area contributed by atoms with Crippen LogP contribution in [0.2, 0.25) is 5.02 Å². The van der Waals surface area contributed by atoms with Gasteiger partial charge in [-0.05, 0) is 24.1 Å². The first-order chi connectivity index (χ1) is 11.5. The number of benzene rings is 2. The number of hydrogen-bond donors (Lipinski definition) is 1. The minimum Gasteiger partial charge on any atom is -0.479 e. The van der Waals surface area contributed by atoms with Crippen LogP contribution in [0.25, 0.3) is 22.1 Å². The van der Waals surface area contributed by atoms with Crippen LogP contribution in [0.1, 0.15) is 6.92 Å². The first kappa shape index (κ1) is 16.1. The second-order valence-corrected chi connectivity index (χ2v) is 5.63. The number of carboxylic acids is 1. The van der Waals surface area contributed by atoms with Gasteiger partial charge < -0.3 is 14.3 Å². The van der Waals surface area contributed by atoms with Crippen molar-refractivity contribution in [2.75, 3.05) is 0 Å². The average molecular weight is 345 g/mol. The number of aliphatic carboxylic acids is 1. The molecular formula is C18H13ClO5. The third-order valence-corrected chi connectivity index (χ3v) is 3.83. The van der Waals surface area contributed by atoms with Crippen LogP contribution in [0, 0.1) is 0 Å². The monoisotopic (exact) mass is 344 g/mol. The molecule has 24 heavy (non-hydrogen) atoms. The Labute approximate surface area is 142 Å². The highest BCUT2D eigenvalue weighted by Gasteiger charge is 2.17. The summed E-state index contributed by atoms with van der Waals surface area (Å²) in [6.45, 7) is 1.39. The van der Waals surface area contributed by atoms with Crippen molar-refractivity contribution in [3.63, 3.8) is 0 Å². The van der Waals surface area contributed by atoms with E-state index in [1.165, 1.54) is 19.1 Å². The molecule has 0 amide bonds. The summed E-state index contributed by atoms with van der Waals surface area (Å²) in [5.41, 5.74) is 1.29. The smallest absolute Gasteiger partial charge is 0.344 e. The molecule has 0 aliphatic rings. The molecule has 0 bridgehead atoms. The number of rotatable bonds is 4. The van der Waals surface area contributed by atoms with Crippen LogP contribution >= 0.6 is 11.6 Å². The fraction of sp³-hybridized carbons (Fsp3) is 0.111. The van der Waals surface area contributed by atoms with Crippen LogP contribution in [-0.4, -0.2) is 17.2 Å². The Morgan fingerprint density at radius 3 is 2.58 bits per heavy atom. The van der Waals surface area contributed by atoms with Gasteiger partial charge in [0.2, 0.25) is 0 Å². The molecule has 122 valence electrons. The highest BCUT2D eigenvalue weighted by atomic mass is 35.5. The van der Waals surface area contributed by atoms with Crippen molar-refractivity contribution in [3.05, 3.63) is 64.0 Å². The van der Waals surface area contributed by atoms with E-state index in [0.717, 1.165) is 5.56 Å². The summed E-state index contributed by atoms with van der Waals surface area (Å²) in [7, 11) is 0. The molecular weight excluding hydrogens is 332 g/mol. The topological polar surface area (TPSA) is 76.7 Å². The highest BCUT2D eigenvalue weighted by Crippen LogP contribution is 2.35. The maximum absolute atomic E-state index is 11.9. The maximum atomic E-state index is 11.9. The number of hydrogen-bond acceptors (Lipinski definition) is 4. The highest BCUT2D eigenvalue weighted by molar-refractivity contribution is 6.33. The van der Waals surface area contributed by atoms with Crippen molar-refractivity contribution in [2.24, 2.45) is 0 Å². The molecule has 0 saturated heterocycles. The molecule has 5 nitrogen and oxygen atoms in total. The van der Waals surface area contributed by atoms with Crippen LogP contribution in [0.15, 0.2) is 57.7 Å². The zero-order chi connectivity index (χ0) is 17.3. The number of carbonyl (C=O) groups is 1. The number of fused-ring (bicyclic) bond motifs is 1. The molecule has 1 heterocycles. The summed E-state index contributed by atoms with van der Waals surface area (Å²) in [5, 5.41) is 9.82. The fourth-order valence-electron chi connectivity index (χ4n) is 2.35. The van der Waals surface area contributed by atoms with Crippen LogP contribution in [0.3, 0.4) is 0 Å². The SMILES string of the molecule is C[C@@H](Oc1cc2oc(=O)cc(-c3ccccc3)c2cc1Cl)C(=O)O. The lowest BCUT2D eigenvalue weighted by molar-refractivity contribution is -0.144. The van der Waals surface area contributed by atoms with Gasteiger partial charge in [0.1, 0.15) is 11.3 Å². The molecule has 0 spiro atoms. The van der Waals surface area contributed by atoms with Gasteiger partial charge >= 0.3 is 11.6 Å². The zero-order valence-corrected chi connectivity index (χ0v) is 13.4. The van der Waals surface area contributed by atoms with Crippen molar-refractivity contribution in [1.29, 1.82) is 0 Å². The summed E-state index contributed by atoms with van der Waals surface area (Å²) >= 11 is 6.21. The van der Waals surface area contributed by atoms with Crippen molar-refractivity contribution in [1.82, 2.24) is 0 Å². The predicted octanol–water partition coefficient (Wildman–Crippen LogP) is 3.97. The molecule has 1 aromatic heterocycles. The Morgan fingerprint density at radius 2 is 1.92 bits per heavy atom. The lowest BCUT2D eigenvalue weighted by atomic mass is 10.0. The van der Waals surface area contributed by atoms with Crippen LogP contribution in [-0.2, 0) is 4.79 Å². The third-order valence-electron chi connectivity index (χ3n) is 3.53. The number of carboxylic acid groups (broad SMARTS) is 1. The Hall–Kier alpha value is -2.79. The molecule has 0 aliphatic heterocycles. The van der Waals surface area contributed by atoms with Gasteiger partial charge in [0.15, 0.2) is 6.10 Å². The standard InChI is InChI=1S/C18H13ClO5/c1-10(18(21)22)23-16-9-15-13(7-14(16)19)12(8-17(20)24-15)11-5-3-2-4-6-11/h2-10H,1H3,(H,21,22)/t10-/m1/s1. The molecule has 0 radical (unpaired) electrons. The molecule has 2 aromatic carbocycles. The fourth-order valence-corrected chi connectivity index (χ4v) is 2.56. The van der Waals surface area contributed by atoms with Gasteiger partial charge in [0.05, 0.1) is 5.02 Å². The number of ether oxygens (including phenoxy) is 1. The number of halogens is 1. The van der Waals surface area contributed by atoms with Crippen LogP contribution < -0.4 is 10.4 Å². The van der Waals surface area contributed by atoms with Gasteiger partial charge in [0, 0.05) is 17.5 Å². The van der Waals surface area contributed by atoms with E-state index in [-0.39, 0.29) is 16.4 Å². The van der Waals surface area contributed by atoms with E-state index in [9.17, 15) is 9.59 Å². The van der Waals surface area contributed by atoms with E-state index in [2.05, 4.69) is 0 Å². The van der Waals surface area contributed by atoms with Crippen molar-refractivity contribution >= 4 is 28.5 Å². The van der Waals surface area contributed by atoms with E-state index in [4.69, 9.17) is 25.9 Å².